The van der Waals surface area contributed by atoms with Crippen LogP contribution >= 0.6 is 0 Å². The van der Waals surface area contributed by atoms with Crippen molar-refractivity contribution in [2.75, 3.05) is 6.61 Å². The van der Waals surface area contributed by atoms with E-state index < -0.39 is 29.0 Å². The SMILES string of the molecule is CC1=C(C)C2C3=CCC4C5(C)CC(O)C(O)C(C)(CO)C5CCC4(C)C3(C)CCC2(C(=O)O)CC1. The molecule has 5 aliphatic carbocycles. The zero-order valence-corrected chi connectivity index (χ0v) is 22.5. The first kappa shape index (κ1) is 25.5. The van der Waals surface area contributed by atoms with E-state index in [1.165, 1.54) is 16.7 Å². The molecule has 0 heterocycles. The number of carboxylic acid groups (broad SMARTS) is 1. The average Bonchev–Trinajstić information content (AvgIpc) is 2.80. The van der Waals surface area contributed by atoms with Crippen LogP contribution in [0.5, 0.6) is 0 Å². The minimum absolute atomic E-state index is 0.0303. The maximum atomic E-state index is 12.8. The molecule has 5 rings (SSSR count). The summed E-state index contributed by atoms with van der Waals surface area (Å²) in [5.41, 5.74) is 2.21. The topological polar surface area (TPSA) is 98.0 Å². The number of allylic oxidation sites excluding steroid dienone is 4. The van der Waals surface area contributed by atoms with Crippen LogP contribution in [0.1, 0.15) is 92.9 Å². The fraction of sp³-hybridized carbons (Fsp3) is 0.833. The molecule has 0 bridgehead atoms. The van der Waals surface area contributed by atoms with Crippen LogP contribution in [0.15, 0.2) is 22.8 Å². The van der Waals surface area contributed by atoms with Gasteiger partial charge in [-0.05, 0) is 93.3 Å². The molecule has 0 aromatic carbocycles. The first-order valence-corrected chi connectivity index (χ1v) is 13.8. The largest absolute Gasteiger partial charge is 0.481 e. The summed E-state index contributed by atoms with van der Waals surface area (Å²) in [5.74, 6) is -0.224. The summed E-state index contributed by atoms with van der Waals surface area (Å²) >= 11 is 0. The molecule has 196 valence electrons. The lowest BCUT2D eigenvalue weighted by Gasteiger charge is -2.71. The number of hydrogen-bond donors (Lipinski definition) is 4. The second kappa shape index (κ2) is 7.68. The van der Waals surface area contributed by atoms with Crippen LogP contribution in [0.4, 0.5) is 0 Å². The molecule has 4 N–H and O–H groups in total. The van der Waals surface area contributed by atoms with Crippen LogP contribution in [-0.4, -0.2) is 45.2 Å². The second-order valence-electron chi connectivity index (χ2n) is 14.0. The zero-order chi connectivity index (χ0) is 25.8. The van der Waals surface area contributed by atoms with Gasteiger partial charge in [-0.15, -0.1) is 0 Å². The molecule has 5 heteroatoms. The summed E-state index contributed by atoms with van der Waals surface area (Å²) in [7, 11) is 0. The van der Waals surface area contributed by atoms with Crippen LogP contribution in [0.3, 0.4) is 0 Å². The van der Waals surface area contributed by atoms with E-state index in [1.54, 1.807) is 0 Å². The molecule has 0 saturated heterocycles. The van der Waals surface area contributed by atoms with Gasteiger partial charge in [0.15, 0.2) is 0 Å². The third kappa shape index (κ3) is 2.89. The van der Waals surface area contributed by atoms with Crippen molar-refractivity contribution in [1.82, 2.24) is 0 Å². The molecule has 5 aliphatic rings. The van der Waals surface area contributed by atoms with Crippen molar-refractivity contribution in [3.8, 4) is 0 Å². The highest BCUT2D eigenvalue weighted by Gasteiger charge is 2.70. The lowest BCUT2D eigenvalue weighted by molar-refractivity contribution is -0.242. The molecular formula is C30H46O5. The number of rotatable bonds is 2. The Bertz CT molecular complexity index is 999. The van der Waals surface area contributed by atoms with Crippen LogP contribution in [0.2, 0.25) is 0 Å². The summed E-state index contributed by atoms with van der Waals surface area (Å²) in [6.07, 6.45) is 7.17. The maximum Gasteiger partial charge on any atom is 0.310 e. The fourth-order valence-corrected chi connectivity index (χ4v) is 10.6. The van der Waals surface area contributed by atoms with Crippen LogP contribution < -0.4 is 0 Å². The molecule has 10 atom stereocenters. The number of carboxylic acids is 1. The van der Waals surface area contributed by atoms with E-state index in [0.29, 0.717) is 18.8 Å². The lowest BCUT2D eigenvalue weighted by atomic mass is 9.33. The Kier molecular flexibility index (Phi) is 5.59. The quantitative estimate of drug-likeness (QED) is 0.407. The van der Waals surface area contributed by atoms with Crippen molar-refractivity contribution >= 4 is 5.97 Å². The predicted octanol–water partition coefficient (Wildman–Crippen LogP) is 5.10. The molecule has 3 saturated carbocycles. The van der Waals surface area contributed by atoms with Gasteiger partial charge in [0.1, 0.15) is 0 Å². The standard InChI is InChI=1S/C30H46O5/c1-17-9-12-30(25(34)35)14-13-28(5)19(23(30)18(17)2)7-8-22-26(3)15-20(32)24(33)27(4,16-31)21(26)10-11-29(22,28)6/h7,20-24,31-33H,8-16H2,1-6H3,(H,34,35). The van der Waals surface area contributed by atoms with Gasteiger partial charge in [0, 0.05) is 11.3 Å². The van der Waals surface area contributed by atoms with Gasteiger partial charge < -0.3 is 20.4 Å². The third-order valence-electron chi connectivity index (χ3n) is 13.0. The van der Waals surface area contributed by atoms with E-state index in [4.69, 9.17) is 0 Å². The van der Waals surface area contributed by atoms with Crippen molar-refractivity contribution < 1.29 is 25.2 Å². The van der Waals surface area contributed by atoms with Gasteiger partial charge in [0.05, 0.1) is 24.2 Å². The Hall–Kier alpha value is -1.17. The summed E-state index contributed by atoms with van der Waals surface area (Å²) in [6.45, 7) is 13.3. The van der Waals surface area contributed by atoms with Gasteiger partial charge in [0.25, 0.3) is 0 Å². The molecule has 0 amide bonds. The minimum Gasteiger partial charge on any atom is -0.481 e. The molecule has 35 heavy (non-hydrogen) atoms. The lowest BCUT2D eigenvalue weighted by Crippen LogP contribution is -2.68. The van der Waals surface area contributed by atoms with E-state index in [0.717, 1.165) is 38.5 Å². The van der Waals surface area contributed by atoms with Crippen LogP contribution in [-0.2, 0) is 4.79 Å². The highest BCUT2D eigenvalue weighted by atomic mass is 16.4. The average molecular weight is 487 g/mol. The van der Waals surface area contributed by atoms with E-state index in [2.05, 4.69) is 40.7 Å². The van der Waals surface area contributed by atoms with Crippen molar-refractivity contribution in [1.29, 1.82) is 0 Å². The fourth-order valence-electron chi connectivity index (χ4n) is 10.6. The van der Waals surface area contributed by atoms with E-state index in [9.17, 15) is 25.2 Å². The molecule has 10 unspecified atom stereocenters. The van der Waals surface area contributed by atoms with Gasteiger partial charge in [0.2, 0.25) is 0 Å². The molecule has 0 radical (unpaired) electrons. The van der Waals surface area contributed by atoms with Crippen LogP contribution in [0, 0.1) is 44.8 Å². The molecule has 3 fully saturated rings. The number of aliphatic carboxylic acids is 1. The normalized spacial score (nSPS) is 53.6. The summed E-state index contributed by atoms with van der Waals surface area (Å²) in [4.78, 5) is 12.8. The number of carbonyl (C=O) groups is 1. The first-order valence-electron chi connectivity index (χ1n) is 13.8. The molecule has 0 aliphatic heterocycles. The first-order chi connectivity index (χ1) is 16.2. The van der Waals surface area contributed by atoms with Crippen molar-refractivity contribution in [2.45, 2.75) is 105 Å². The summed E-state index contributed by atoms with van der Waals surface area (Å²) < 4.78 is 0. The Morgan fingerprint density at radius 3 is 2.34 bits per heavy atom. The van der Waals surface area contributed by atoms with E-state index in [-0.39, 0.29) is 34.7 Å². The highest BCUT2D eigenvalue weighted by Crippen LogP contribution is 2.75. The third-order valence-corrected chi connectivity index (χ3v) is 13.0. The highest BCUT2D eigenvalue weighted by molar-refractivity contribution is 5.78. The molecule has 0 spiro atoms. The van der Waals surface area contributed by atoms with Gasteiger partial charge in [-0.2, -0.15) is 0 Å². The molecule has 0 aromatic heterocycles. The minimum atomic E-state index is -0.913. The maximum absolute atomic E-state index is 12.8. The van der Waals surface area contributed by atoms with Crippen molar-refractivity contribution in [3.63, 3.8) is 0 Å². The second-order valence-corrected chi connectivity index (χ2v) is 14.0. The predicted molar refractivity (Wildman–Crippen MR) is 135 cm³/mol. The Labute approximate surface area is 210 Å². The van der Waals surface area contributed by atoms with Crippen molar-refractivity contribution in [3.05, 3.63) is 22.8 Å². The molecular weight excluding hydrogens is 440 g/mol. The van der Waals surface area contributed by atoms with Gasteiger partial charge >= 0.3 is 5.97 Å². The number of aliphatic hydroxyl groups is 3. The number of fused-ring (bicyclic) bond motifs is 7. The number of hydrogen-bond acceptors (Lipinski definition) is 4. The Morgan fingerprint density at radius 1 is 1.03 bits per heavy atom. The van der Waals surface area contributed by atoms with E-state index in [1.807, 2.05) is 6.92 Å². The van der Waals surface area contributed by atoms with Gasteiger partial charge in [-0.25, -0.2) is 0 Å². The van der Waals surface area contributed by atoms with Gasteiger partial charge in [-0.3, -0.25) is 4.79 Å². The number of aliphatic hydroxyl groups excluding tert-OH is 3. The van der Waals surface area contributed by atoms with Crippen LogP contribution in [0.25, 0.3) is 0 Å². The van der Waals surface area contributed by atoms with Crippen molar-refractivity contribution in [2.24, 2.45) is 44.8 Å². The Balaban J connectivity index is 1.64. The van der Waals surface area contributed by atoms with Gasteiger partial charge in [-0.1, -0.05) is 50.5 Å². The summed E-state index contributed by atoms with van der Waals surface area (Å²) in [5, 5.41) is 42.8. The summed E-state index contributed by atoms with van der Waals surface area (Å²) in [6, 6.07) is 0. The molecule has 5 nitrogen and oxygen atoms in total. The Morgan fingerprint density at radius 2 is 1.71 bits per heavy atom. The van der Waals surface area contributed by atoms with E-state index >= 15 is 0 Å². The zero-order valence-electron chi connectivity index (χ0n) is 22.5. The molecule has 0 aromatic rings. The monoisotopic (exact) mass is 486 g/mol. The smallest absolute Gasteiger partial charge is 0.310 e.